The molecule has 3 heterocycles. The van der Waals surface area contributed by atoms with Crippen LogP contribution in [0.4, 0.5) is 0 Å². The van der Waals surface area contributed by atoms with Crippen LogP contribution in [0.1, 0.15) is 29.8 Å². The lowest BCUT2D eigenvalue weighted by Crippen LogP contribution is -2.16. The Labute approximate surface area is 98.4 Å². The molecule has 0 amide bonds. The minimum atomic E-state index is -0.383. The highest BCUT2D eigenvalue weighted by Crippen LogP contribution is 2.30. The molecule has 1 aliphatic heterocycles. The largest absolute Gasteiger partial charge is 0.373 e. The second kappa shape index (κ2) is 3.71. The molecule has 0 radical (unpaired) electrons. The Morgan fingerprint density at radius 2 is 2.38 bits per heavy atom. The summed E-state index contributed by atoms with van der Waals surface area (Å²) in [5.74, 6) is 1.01. The van der Waals surface area contributed by atoms with Gasteiger partial charge in [-0.3, -0.25) is 0 Å². The molecule has 0 saturated carbocycles. The highest BCUT2D eigenvalue weighted by atomic mass is 32.1. The van der Waals surface area contributed by atoms with Gasteiger partial charge in [-0.2, -0.15) is 0 Å². The van der Waals surface area contributed by atoms with E-state index in [0.29, 0.717) is 0 Å². The molecule has 2 aromatic rings. The molecular weight excluding hydrogens is 220 g/mol. The molecule has 1 N–H and O–H groups in total. The number of aromatic nitrogens is 2. The molecule has 1 unspecified atom stereocenters. The Hall–Kier alpha value is -1.13. The van der Waals surface area contributed by atoms with Gasteiger partial charge in [-0.15, -0.1) is 11.3 Å². The third-order valence-electron chi connectivity index (χ3n) is 2.99. The van der Waals surface area contributed by atoms with Crippen molar-refractivity contribution in [3.05, 3.63) is 29.0 Å². The van der Waals surface area contributed by atoms with Gasteiger partial charge in [0.2, 0.25) is 0 Å². The Balaban J connectivity index is 2.04. The number of aryl methyl sites for hydroxylation is 2. The molecule has 4 heteroatoms. The van der Waals surface area contributed by atoms with Crippen LogP contribution in [0.2, 0.25) is 0 Å². The average molecular weight is 234 g/mol. The van der Waals surface area contributed by atoms with Gasteiger partial charge in [0.05, 0.1) is 10.6 Å². The van der Waals surface area contributed by atoms with Crippen LogP contribution >= 0.6 is 11.3 Å². The van der Waals surface area contributed by atoms with Crippen LogP contribution in [0.25, 0.3) is 10.6 Å². The maximum atomic E-state index is 9.85. The van der Waals surface area contributed by atoms with Crippen molar-refractivity contribution in [2.24, 2.45) is 0 Å². The molecule has 0 saturated heterocycles. The molecule has 3 rings (SSSR count). The first-order chi connectivity index (χ1) is 7.74. The van der Waals surface area contributed by atoms with E-state index in [-0.39, 0.29) is 6.23 Å². The maximum absolute atomic E-state index is 9.85. The van der Waals surface area contributed by atoms with Crippen LogP contribution < -0.4 is 0 Å². The van der Waals surface area contributed by atoms with Crippen LogP contribution in [-0.4, -0.2) is 14.7 Å². The number of aliphatic hydroxyl groups is 1. The van der Waals surface area contributed by atoms with Crippen LogP contribution in [0.3, 0.4) is 0 Å². The van der Waals surface area contributed by atoms with Crippen molar-refractivity contribution in [3.63, 3.8) is 0 Å². The lowest BCUT2D eigenvalue weighted by Gasteiger charge is -2.19. The van der Waals surface area contributed by atoms with E-state index in [1.165, 1.54) is 9.75 Å². The van der Waals surface area contributed by atoms with Gasteiger partial charge in [0, 0.05) is 17.5 Å². The minimum Gasteiger partial charge on any atom is -0.373 e. The summed E-state index contributed by atoms with van der Waals surface area (Å²) >= 11 is 1.75. The van der Waals surface area contributed by atoms with Crippen molar-refractivity contribution in [3.8, 4) is 10.6 Å². The van der Waals surface area contributed by atoms with Gasteiger partial charge < -0.3 is 9.67 Å². The lowest BCUT2D eigenvalue weighted by molar-refractivity contribution is 0.0781. The number of fused-ring (bicyclic) bond motifs is 1. The standard InChI is InChI=1S/C12H14N2OS/c1-8-5-6-10(16-8)9-7-14-11(13-9)3-2-4-12(14)15/h5-7,12,15H,2-4H2,1H3. The monoisotopic (exact) mass is 234 g/mol. The molecule has 0 bridgehead atoms. The van der Waals surface area contributed by atoms with E-state index in [9.17, 15) is 5.11 Å². The lowest BCUT2D eigenvalue weighted by atomic mass is 10.1. The summed E-state index contributed by atoms with van der Waals surface area (Å²) in [7, 11) is 0. The molecule has 2 aromatic heterocycles. The Bertz CT molecular complexity index is 515. The van der Waals surface area contributed by atoms with Crippen LogP contribution in [0, 0.1) is 6.92 Å². The summed E-state index contributed by atoms with van der Waals surface area (Å²) in [4.78, 5) is 7.08. The molecule has 3 nitrogen and oxygen atoms in total. The van der Waals surface area contributed by atoms with Crippen molar-refractivity contribution >= 4 is 11.3 Å². The van der Waals surface area contributed by atoms with E-state index in [1.54, 1.807) is 11.3 Å². The summed E-state index contributed by atoms with van der Waals surface area (Å²) in [5.41, 5.74) is 0.994. The van der Waals surface area contributed by atoms with Crippen molar-refractivity contribution in [2.75, 3.05) is 0 Å². The molecule has 0 spiro atoms. The van der Waals surface area contributed by atoms with E-state index in [1.807, 2.05) is 10.8 Å². The van der Waals surface area contributed by atoms with Crippen molar-refractivity contribution in [1.82, 2.24) is 9.55 Å². The third kappa shape index (κ3) is 1.58. The zero-order valence-corrected chi connectivity index (χ0v) is 10.00. The number of hydrogen-bond acceptors (Lipinski definition) is 3. The molecular formula is C12H14N2OS. The first-order valence-electron chi connectivity index (χ1n) is 5.56. The van der Waals surface area contributed by atoms with Crippen LogP contribution in [0.15, 0.2) is 18.3 Å². The fourth-order valence-corrected chi connectivity index (χ4v) is 2.97. The van der Waals surface area contributed by atoms with Crippen molar-refractivity contribution in [1.29, 1.82) is 0 Å². The highest BCUT2D eigenvalue weighted by molar-refractivity contribution is 7.15. The predicted molar refractivity (Wildman–Crippen MR) is 64.5 cm³/mol. The topological polar surface area (TPSA) is 38.0 Å². The Morgan fingerprint density at radius 1 is 1.50 bits per heavy atom. The van der Waals surface area contributed by atoms with Crippen molar-refractivity contribution < 1.29 is 5.11 Å². The van der Waals surface area contributed by atoms with Crippen LogP contribution in [-0.2, 0) is 6.42 Å². The maximum Gasteiger partial charge on any atom is 0.131 e. The quantitative estimate of drug-likeness (QED) is 0.824. The number of thiophene rings is 1. The average Bonchev–Trinajstić information content (AvgIpc) is 2.84. The van der Waals surface area contributed by atoms with Gasteiger partial charge in [-0.25, -0.2) is 4.98 Å². The van der Waals surface area contributed by atoms with Gasteiger partial charge in [0.1, 0.15) is 12.1 Å². The molecule has 0 aliphatic carbocycles. The smallest absolute Gasteiger partial charge is 0.131 e. The van der Waals surface area contributed by atoms with Crippen molar-refractivity contribution in [2.45, 2.75) is 32.4 Å². The van der Waals surface area contributed by atoms with Gasteiger partial charge in [-0.1, -0.05) is 0 Å². The molecule has 1 aliphatic rings. The van der Waals surface area contributed by atoms with E-state index in [0.717, 1.165) is 30.8 Å². The Kier molecular flexibility index (Phi) is 2.33. The first kappa shape index (κ1) is 10.1. The van der Waals surface area contributed by atoms with Gasteiger partial charge in [0.25, 0.3) is 0 Å². The molecule has 0 fully saturated rings. The summed E-state index contributed by atoms with van der Waals surface area (Å²) in [5, 5.41) is 9.85. The summed E-state index contributed by atoms with van der Waals surface area (Å²) < 4.78 is 1.91. The van der Waals surface area contributed by atoms with Crippen LogP contribution in [0.5, 0.6) is 0 Å². The second-order valence-electron chi connectivity index (χ2n) is 4.23. The van der Waals surface area contributed by atoms with E-state index < -0.39 is 0 Å². The predicted octanol–water partition coefficient (Wildman–Crippen LogP) is 2.75. The molecule has 1 atom stereocenters. The van der Waals surface area contributed by atoms with E-state index >= 15 is 0 Å². The fourth-order valence-electron chi connectivity index (χ4n) is 2.15. The zero-order valence-electron chi connectivity index (χ0n) is 9.18. The normalized spacial score (nSPS) is 19.8. The molecule has 16 heavy (non-hydrogen) atoms. The Morgan fingerprint density at radius 3 is 3.06 bits per heavy atom. The first-order valence-corrected chi connectivity index (χ1v) is 6.38. The second-order valence-corrected chi connectivity index (χ2v) is 5.52. The number of rotatable bonds is 1. The molecule has 84 valence electrons. The number of hydrogen-bond donors (Lipinski definition) is 1. The summed E-state index contributed by atoms with van der Waals surface area (Å²) in [6, 6.07) is 4.20. The molecule has 0 aromatic carbocycles. The van der Waals surface area contributed by atoms with Gasteiger partial charge in [-0.05, 0) is 31.9 Å². The third-order valence-corrected chi connectivity index (χ3v) is 4.01. The number of imidazole rings is 1. The van der Waals surface area contributed by atoms with E-state index in [4.69, 9.17) is 0 Å². The summed E-state index contributed by atoms with van der Waals surface area (Å²) in [6.45, 7) is 2.10. The highest BCUT2D eigenvalue weighted by Gasteiger charge is 2.20. The number of nitrogens with zero attached hydrogens (tertiary/aromatic N) is 2. The SMILES string of the molecule is Cc1ccc(-c2cn3c(n2)CCCC3O)s1. The van der Waals surface area contributed by atoms with Gasteiger partial charge in [0.15, 0.2) is 0 Å². The fraction of sp³-hybridized carbons (Fsp3) is 0.417. The van der Waals surface area contributed by atoms with E-state index in [2.05, 4.69) is 24.0 Å². The van der Waals surface area contributed by atoms with Gasteiger partial charge >= 0.3 is 0 Å². The zero-order chi connectivity index (χ0) is 11.1. The minimum absolute atomic E-state index is 0.383. The number of aliphatic hydroxyl groups excluding tert-OH is 1. The summed E-state index contributed by atoms with van der Waals surface area (Å²) in [6.07, 6.45) is 4.44.